The highest BCUT2D eigenvalue weighted by atomic mass is 16.5. The fourth-order valence-electron chi connectivity index (χ4n) is 2.83. The first-order chi connectivity index (χ1) is 13.7. The topological polar surface area (TPSA) is 79.9 Å². The van der Waals surface area contributed by atoms with E-state index in [9.17, 15) is 9.59 Å². The highest BCUT2D eigenvalue weighted by Gasteiger charge is 2.14. The van der Waals surface area contributed by atoms with Gasteiger partial charge in [0.2, 0.25) is 0 Å². The highest BCUT2D eigenvalue weighted by Crippen LogP contribution is 2.22. The number of para-hydroxylation sites is 1. The maximum Gasteiger partial charge on any atom is 0.313 e. The first kappa shape index (κ1) is 19.9. The van der Waals surface area contributed by atoms with Gasteiger partial charge in [0.1, 0.15) is 11.5 Å². The molecule has 28 heavy (non-hydrogen) atoms. The van der Waals surface area contributed by atoms with Crippen molar-refractivity contribution in [1.82, 2.24) is 10.2 Å². The molecule has 1 aliphatic rings. The average Bonchev–Trinajstić information content (AvgIpc) is 2.74. The maximum absolute atomic E-state index is 12.0. The Bertz CT molecular complexity index is 759. The lowest BCUT2D eigenvalue weighted by molar-refractivity contribution is -0.136. The molecule has 2 N–H and O–H groups in total. The number of anilines is 1. The Morgan fingerprint density at radius 3 is 2.32 bits per heavy atom. The number of benzene rings is 2. The van der Waals surface area contributed by atoms with E-state index >= 15 is 0 Å². The number of ether oxygens (including phenoxy) is 2. The van der Waals surface area contributed by atoms with Crippen molar-refractivity contribution in [2.75, 3.05) is 44.7 Å². The highest BCUT2D eigenvalue weighted by molar-refractivity contribution is 6.39. The van der Waals surface area contributed by atoms with Gasteiger partial charge in [-0.15, -0.1) is 0 Å². The molecule has 7 heteroatoms. The van der Waals surface area contributed by atoms with Gasteiger partial charge in [0, 0.05) is 25.3 Å². The number of hydrogen-bond donors (Lipinski definition) is 2. The molecule has 3 rings (SSSR count). The van der Waals surface area contributed by atoms with Gasteiger partial charge in [-0.25, -0.2) is 0 Å². The fourth-order valence-corrected chi connectivity index (χ4v) is 2.83. The van der Waals surface area contributed by atoms with Crippen molar-refractivity contribution in [2.45, 2.75) is 6.42 Å². The molecule has 0 spiro atoms. The van der Waals surface area contributed by atoms with Crippen LogP contribution in [0.1, 0.15) is 6.42 Å². The van der Waals surface area contributed by atoms with E-state index in [1.165, 1.54) is 0 Å². The Kier molecular flexibility index (Phi) is 7.40. The van der Waals surface area contributed by atoms with Gasteiger partial charge in [0.05, 0.1) is 13.2 Å². The second kappa shape index (κ2) is 10.4. The minimum Gasteiger partial charge on any atom is -0.457 e. The van der Waals surface area contributed by atoms with Gasteiger partial charge < -0.3 is 20.1 Å². The molecule has 148 valence electrons. The van der Waals surface area contributed by atoms with Crippen molar-refractivity contribution in [1.29, 1.82) is 0 Å². The van der Waals surface area contributed by atoms with Gasteiger partial charge in [-0.1, -0.05) is 18.2 Å². The molecule has 0 aliphatic carbocycles. The van der Waals surface area contributed by atoms with E-state index < -0.39 is 11.8 Å². The van der Waals surface area contributed by atoms with Crippen LogP contribution in [-0.4, -0.2) is 56.1 Å². The molecule has 1 heterocycles. The van der Waals surface area contributed by atoms with Crippen LogP contribution in [0.4, 0.5) is 5.69 Å². The second-order valence-electron chi connectivity index (χ2n) is 6.46. The zero-order valence-corrected chi connectivity index (χ0v) is 15.7. The third kappa shape index (κ3) is 6.37. The molecule has 1 aliphatic heterocycles. The van der Waals surface area contributed by atoms with Crippen LogP contribution in [0.3, 0.4) is 0 Å². The van der Waals surface area contributed by atoms with E-state index in [2.05, 4.69) is 15.5 Å². The Morgan fingerprint density at radius 1 is 0.929 bits per heavy atom. The predicted octanol–water partition coefficient (Wildman–Crippen LogP) is 2.26. The number of amides is 2. The molecule has 2 aromatic carbocycles. The summed E-state index contributed by atoms with van der Waals surface area (Å²) in [4.78, 5) is 26.2. The van der Waals surface area contributed by atoms with Crippen molar-refractivity contribution < 1.29 is 19.1 Å². The minimum atomic E-state index is -0.678. The lowest BCUT2D eigenvalue weighted by Gasteiger charge is -2.26. The number of carbonyl (C=O) groups is 2. The molecular weight excluding hydrogens is 358 g/mol. The standard InChI is InChI=1S/C21H25N3O4/c25-20(22-11-4-12-24-13-15-27-16-14-24)21(26)23-17-7-9-19(10-8-17)28-18-5-2-1-3-6-18/h1-3,5-10H,4,11-16H2,(H,22,25)(H,23,26). The Balaban J connectivity index is 1.37. The molecule has 0 unspecified atom stereocenters. The summed E-state index contributed by atoms with van der Waals surface area (Å²) in [6.45, 7) is 4.69. The van der Waals surface area contributed by atoms with Crippen molar-refractivity contribution >= 4 is 17.5 Å². The summed E-state index contributed by atoms with van der Waals surface area (Å²) in [5.74, 6) is 0.0715. The van der Waals surface area contributed by atoms with Crippen LogP contribution < -0.4 is 15.4 Å². The molecule has 2 amide bonds. The summed E-state index contributed by atoms with van der Waals surface area (Å²) < 4.78 is 11.0. The summed E-state index contributed by atoms with van der Waals surface area (Å²) in [5.41, 5.74) is 0.536. The largest absolute Gasteiger partial charge is 0.457 e. The van der Waals surface area contributed by atoms with Crippen LogP contribution >= 0.6 is 0 Å². The third-order valence-corrected chi connectivity index (χ3v) is 4.34. The molecule has 0 radical (unpaired) electrons. The van der Waals surface area contributed by atoms with Gasteiger partial charge >= 0.3 is 11.8 Å². The van der Waals surface area contributed by atoms with Crippen LogP contribution in [0.5, 0.6) is 11.5 Å². The molecule has 0 saturated carbocycles. The molecule has 1 saturated heterocycles. The number of morpholine rings is 1. The first-order valence-electron chi connectivity index (χ1n) is 9.43. The minimum absolute atomic E-state index is 0.466. The Hall–Kier alpha value is -2.90. The van der Waals surface area contributed by atoms with Gasteiger partial charge in [-0.3, -0.25) is 14.5 Å². The van der Waals surface area contributed by atoms with Gasteiger partial charge in [0.15, 0.2) is 0 Å². The molecule has 0 aromatic heterocycles. The quantitative estimate of drug-likeness (QED) is 0.566. The summed E-state index contributed by atoms with van der Waals surface area (Å²) in [6.07, 6.45) is 0.796. The zero-order chi connectivity index (χ0) is 19.6. The molecule has 7 nitrogen and oxygen atoms in total. The van der Waals surface area contributed by atoms with Crippen LogP contribution in [0.25, 0.3) is 0 Å². The van der Waals surface area contributed by atoms with Crippen molar-refractivity contribution in [3.8, 4) is 11.5 Å². The van der Waals surface area contributed by atoms with Crippen molar-refractivity contribution in [3.63, 3.8) is 0 Å². The SMILES string of the molecule is O=C(NCCCN1CCOCC1)C(=O)Nc1ccc(Oc2ccccc2)cc1. The third-order valence-electron chi connectivity index (χ3n) is 4.34. The van der Waals surface area contributed by atoms with Gasteiger partial charge in [-0.2, -0.15) is 0 Å². The second-order valence-corrected chi connectivity index (χ2v) is 6.46. The van der Waals surface area contributed by atoms with Crippen molar-refractivity contribution in [2.24, 2.45) is 0 Å². The van der Waals surface area contributed by atoms with Crippen LogP contribution in [0.2, 0.25) is 0 Å². The first-order valence-corrected chi connectivity index (χ1v) is 9.43. The van der Waals surface area contributed by atoms with Crippen LogP contribution in [0.15, 0.2) is 54.6 Å². The van der Waals surface area contributed by atoms with Gasteiger partial charge in [-0.05, 0) is 49.4 Å². The number of carbonyl (C=O) groups excluding carboxylic acids is 2. The van der Waals surface area contributed by atoms with Gasteiger partial charge in [0.25, 0.3) is 0 Å². The molecule has 0 atom stereocenters. The van der Waals surface area contributed by atoms with E-state index in [1.807, 2.05) is 30.3 Å². The maximum atomic E-state index is 12.0. The Morgan fingerprint density at radius 2 is 1.61 bits per heavy atom. The van der Waals surface area contributed by atoms with E-state index in [0.29, 0.717) is 18.0 Å². The lowest BCUT2D eigenvalue weighted by Crippen LogP contribution is -2.39. The lowest BCUT2D eigenvalue weighted by atomic mass is 10.3. The number of rotatable bonds is 7. The summed E-state index contributed by atoms with van der Waals surface area (Å²) >= 11 is 0. The van der Waals surface area contributed by atoms with E-state index in [-0.39, 0.29) is 0 Å². The summed E-state index contributed by atoms with van der Waals surface area (Å²) in [6, 6.07) is 16.3. The molecular formula is C21H25N3O4. The number of nitrogens with zero attached hydrogens (tertiary/aromatic N) is 1. The average molecular weight is 383 g/mol. The zero-order valence-electron chi connectivity index (χ0n) is 15.7. The monoisotopic (exact) mass is 383 g/mol. The normalized spacial score (nSPS) is 14.3. The number of hydrogen-bond acceptors (Lipinski definition) is 5. The van der Waals surface area contributed by atoms with Crippen LogP contribution in [-0.2, 0) is 14.3 Å². The summed E-state index contributed by atoms with van der Waals surface area (Å²) in [7, 11) is 0. The summed E-state index contributed by atoms with van der Waals surface area (Å²) in [5, 5.41) is 5.24. The molecule has 0 bridgehead atoms. The van der Waals surface area contributed by atoms with Crippen LogP contribution in [0, 0.1) is 0 Å². The van der Waals surface area contributed by atoms with E-state index in [4.69, 9.17) is 9.47 Å². The Labute approximate surface area is 164 Å². The smallest absolute Gasteiger partial charge is 0.313 e. The van der Waals surface area contributed by atoms with Crippen molar-refractivity contribution in [3.05, 3.63) is 54.6 Å². The predicted molar refractivity (Wildman–Crippen MR) is 106 cm³/mol. The molecule has 1 fully saturated rings. The van der Waals surface area contributed by atoms with E-state index in [0.717, 1.165) is 45.0 Å². The molecule has 2 aromatic rings. The fraction of sp³-hybridized carbons (Fsp3) is 0.333. The number of nitrogens with one attached hydrogen (secondary N) is 2. The van der Waals surface area contributed by atoms with E-state index in [1.54, 1.807) is 24.3 Å².